The highest BCUT2D eigenvalue weighted by atomic mass is 127. The predicted octanol–water partition coefficient (Wildman–Crippen LogP) is -0.540. The monoisotopic (exact) mass is 448 g/mol. The van der Waals surface area contributed by atoms with Gasteiger partial charge in [-0.25, -0.2) is 4.79 Å². The molecule has 2 fully saturated rings. The number of carbonyl (C=O) groups excluding carboxylic acids is 1. The normalized spacial score (nSPS) is 32.1. The number of likely N-dealkylation sites (N-methyl/N-ethyl adjacent to an activating group) is 1. The molecule has 0 bridgehead atoms. The van der Waals surface area contributed by atoms with Crippen molar-refractivity contribution in [3.05, 3.63) is 35.9 Å². The average molecular weight is 448 g/mol. The maximum Gasteiger partial charge on any atom is 0.343 e. The molecule has 3 rings (SSSR count). The Morgan fingerprint density at radius 3 is 2.54 bits per heavy atom. The molecule has 4 nitrogen and oxygen atoms in total. The van der Waals surface area contributed by atoms with Crippen molar-refractivity contribution >= 4 is 5.97 Å². The standard InChI is InChI=1S/C19H28NO3.HI/c1-20(2)13-12-17(14-20)23-18(21)19(22,16-10-6-7-11-16)15-8-4-3-5-9-15;/h3-5,8-9,16-17,22H,6-7,10-14H2,1-2H3;1H/q+1;/p-1/i1D3;. The molecule has 0 spiro atoms. The third-order valence-corrected chi connectivity index (χ3v) is 5.30. The Bertz CT molecular complexity index is 651. The second kappa shape index (κ2) is 7.70. The van der Waals surface area contributed by atoms with Crippen molar-refractivity contribution in [2.24, 2.45) is 5.92 Å². The molecule has 3 unspecified atom stereocenters. The highest BCUT2D eigenvalue weighted by Crippen LogP contribution is 2.42. The molecule has 1 N–H and O–H groups in total. The Morgan fingerprint density at radius 1 is 1.29 bits per heavy atom. The number of hydrogen-bond acceptors (Lipinski definition) is 3. The minimum absolute atomic E-state index is 0. The lowest BCUT2D eigenvalue weighted by Gasteiger charge is -2.33. The zero-order chi connectivity index (χ0) is 19.0. The van der Waals surface area contributed by atoms with Crippen LogP contribution in [0.3, 0.4) is 0 Å². The average Bonchev–Trinajstić information content (AvgIpc) is 3.25. The van der Waals surface area contributed by atoms with Gasteiger partial charge in [0.15, 0.2) is 11.7 Å². The summed E-state index contributed by atoms with van der Waals surface area (Å²) in [5, 5.41) is 11.4. The summed E-state index contributed by atoms with van der Waals surface area (Å²) in [6, 6.07) is 8.98. The molecule has 0 aromatic heterocycles. The Morgan fingerprint density at radius 2 is 1.96 bits per heavy atom. The minimum Gasteiger partial charge on any atom is -1.00 e. The van der Waals surface area contributed by atoms with Gasteiger partial charge in [0.1, 0.15) is 6.54 Å². The van der Waals surface area contributed by atoms with E-state index in [2.05, 4.69) is 0 Å². The number of aliphatic hydroxyl groups is 1. The second-order valence-electron chi connectivity index (χ2n) is 7.23. The van der Waals surface area contributed by atoms with Crippen LogP contribution in [0.4, 0.5) is 0 Å². The maximum atomic E-state index is 13.0. The van der Waals surface area contributed by atoms with Crippen molar-refractivity contribution in [3.63, 3.8) is 0 Å². The maximum absolute atomic E-state index is 13.0. The molecule has 1 aliphatic heterocycles. The highest BCUT2D eigenvalue weighted by Gasteiger charge is 2.49. The van der Waals surface area contributed by atoms with Crippen LogP contribution >= 0.6 is 0 Å². The first-order valence-corrected chi connectivity index (χ1v) is 8.50. The summed E-state index contributed by atoms with van der Waals surface area (Å²) < 4.78 is 28.7. The zero-order valence-electron chi connectivity index (χ0n) is 17.1. The Labute approximate surface area is 166 Å². The SMILES string of the molecule is [2H]C([2H])([2H])[N+]1(C)CCC(OC(=O)C(O)(c2ccccc2)C2CCCC2)C1.[I-]. The molecular formula is C19H28INO3. The van der Waals surface area contributed by atoms with E-state index in [-0.39, 0.29) is 40.9 Å². The number of nitrogens with zero attached hydrogens (tertiary/aromatic N) is 1. The molecule has 1 heterocycles. The third kappa shape index (κ3) is 3.94. The van der Waals surface area contributed by atoms with Crippen LogP contribution in [0.25, 0.3) is 0 Å². The van der Waals surface area contributed by atoms with Crippen LogP contribution < -0.4 is 24.0 Å². The van der Waals surface area contributed by atoms with Crippen molar-refractivity contribution in [3.8, 4) is 0 Å². The van der Waals surface area contributed by atoms with E-state index in [1.54, 1.807) is 31.3 Å². The molecule has 0 amide bonds. The fraction of sp³-hybridized carbons (Fsp3) is 0.632. The largest absolute Gasteiger partial charge is 1.00 e. The molecule has 2 aliphatic rings. The molecule has 1 aromatic rings. The summed E-state index contributed by atoms with van der Waals surface area (Å²) in [5.41, 5.74) is -1.10. The molecule has 24 heavy (non-hydrogen) atoms. The number of rotatable bonds is 4. The Kier molecular flexibility index (Phi) is 5.00. The zero-order valence-corrected chi connectivity index (χ0v) is 16.2. The van der Waals surface area contributed by atoms with E-state index in [1.807, 2.05) is 6.07 Å². The first kappa shape index (κ1) is 15.6. The van der Waals surface area contributed by atoms with Gasteiger partial charge in [0.05, 0.1) is 24.7 Å². The van der Waals surface area contributed by atoms with Crippen LogP contribution in [-0.2, 0) is 15.1 Å². The molecule has 3 atom stereocenters. The second-order valence-corrected chi connectivity index (χ2v) is 7.23. The summed E-state index contributed by atoms with van der Waals surface area (Å²) in [4.78, 5) is 13.0. The quantitative estimate of drug-likeness (QED) is 0.383. The van der Waals surface area contributed by atoms with Gasteiger partial charge in [-0.2, -0.15) is 0 Å². The molecule has 1 aromatic carbocycles. The summed E-state index contributed by atoms with van der Waals surface area (Å²) in [6.07, 6.45) is 3.57. The molecule has 0 radical (unpaired) electrons. The first-order chi connectivity index (χ1) is 12.2. The lowest BCUT2D eigenvalue weighted by atomic mass is 9.80. The van der Waals surface area contributed by atoms with E-state index in [4.69, 9.17) is 8.85 Å². The molecule has 134 valence electrons. The summed E-state index contributed by atoms with van der Waals surface area (Å²) in [6.45, 7) is -1.46. The summed E-state index contributed by atoms with van der Waals surface area (Å²) in [5.74, 6) is -0.804. The lowest BCUT2D eigenvalue weighted by Crippen LogP contribution is -3.00. The van der Waals surface area contributed by atoms with E-state index in [1.165, 1.54) is 0 Å². The minimum atomic E-state index is -2.14. The summed E-state index contributed by atoms with van der Waals surface area (Å²) >= 11 is 0. The Hall–Kier alpha value is -0.660. The van der Waals surface area contributed by atoms with Crippen LogP contribution in [-0.4, -0.2) is 48.8 Å². The molecular weight excluding hydrogens is 417 g/mol. The van der Waals surface area contributed by atoms with Crippen molar-refractivity contribution in [2.75, 3.05) is 27.1 Å². The van der Waals surface area contributed by atoms with Gasteiger partial charge in [-0.1, -0.05) is 43.2 Å². The van der Waals surface area contributed by atoms with Crippen molar-refractivity contribution in [2.45, 2.75) is 43.8 Å². The predicted molar refractivity (Wildman–Crippen MR) is 88.6 cm³/mol. The lowest BCUT2D eigenvalue weighted by molar-refractivity contribution is -0.879. The van der Waals surface area contributed by atoms with Crippen LogP contribution in [0.1, 0.15) is 41.8 Å². The molecule has 1 aliphatic carbocycles. The fourth-order valence-electron chi connectivity index (χ4n) is 3.95. The van der Waals surface area contributed by atoms with E-state index < -0.39 is 24.7 Å². The first-order valence-electron chi connectivity index (χ1n) is 10.0. The van der Waals surface area contributed by atoms with Gasteiger partial charge in [-0.15, -0.1) is 0 Å². The van der Waals surface area contributed by atoms with Gasteiger partial charge in [-0.3, -0.25) is 0 Å². The van der Waals surface area contributed by atoms with Gasteiger partial charge in [0, 0.05) is 12.3 Å². The van der Waals surface area contributed by atoms with Crippen molar-refractivity contribution in [1.29, 1.82) is 0 Å². The van der Waals surface area contributed by atoms with Gasteiger partial charge >= 0.3 is 5.97 Å². The van der Waals surface area contributed by atoms with Crippen LogP contribution in [0.2, 0.25) is 0 Å². The number of carbonyl (C=O) groups is 1. The van der Waals surface area contributed by atoms with E-state index >= 15 is 0 Å². The van der Waals surface area contributed by atoms with Crippen LogP contribution in [0.15, 0.2) is 30.3 Å². The Balaban J connectivity index is 0.00000261. The number of ether oxygens (including phenoxy) is 1. The smallest absolute Gasteiger partial charge is 0.343 e. The number of quaternary nitrogens is 1. The number of benzene rings is 1. The van der Waals surface area contributed by atoms with E-state index in [0.29, 0.717) is 18.5 Å². The third-order valence-electron chi connectivity index (χ3n) is 5.30. The van der Waals surface area contributed by atoms with Crippen LogP contribution in [0, 0.1) is 5.92 Å². The van der Waals surface area contributed by atoms with E-state index in [0.717, 1.165) is 25.7 Å². The molecule has 1 saturated heterocycles. The molecule has 5 heteroatoms. The highest BCUT2D eigenvalue weighted by molar-refractivity contribution is 5.81. The van der Waals surface area contributed by atoms with Crippen molar-refractivity contribution in [1.82, 2.24) is 0 Å². The fourth-order valence-corrected chi connectivity index (χ4v) is 3.95. The van der Waals surface area contributed by atoms with E-state index in [9.17, 15) is 9.90 Å². The summed E-state index contributed by atoms with van der Waals surface area (Å²) in [7, 11) is 1.67. The number of halogens is 1. The number of likely N-dealkylation sites (tertiary alicyclic amines) is 1. The number of hydrogen-bond donors (Lipinski definition) is 1. The van der Waals surface area contributed by atoms with Gasteiger partial charge in [-0.05, 0) is 18.4 Å². The molecule has 1 saturated carbocycles. The van der Waals surface area contributed by atoms with Crippen molar-refractivity contribution < 1.29 is 47.2 Å². The number of esters is 1. The van der Waals surface area contributed by atoms with Gasteiger partial charge in [0.2, 0.25) is 0 Å². The van der Waals surface area contributed by atoms with Gasteiger partial charge < -0.3 is 38.3 Å². The topological polar surface area (TPSA) is 46.5 Å². The van der Waals surface area contributed by atoms with Gasteiger partial charge in [0.25, 0.3) is 0 Å². The van der Waals surface area contributed by atoms with Crippen LogP contribution in [0.5, 0.6) is 0 Å².